The van der Waals surface area contributed by atoms with Gasteiger partial charge < -0.3 is 14.6 Å². The number of aryl methyl sites for hydroxylation is 1. The van der Waals surface area contributed by atoms with E-state index in [2.05, 4.69) is 9.97 Å². The number of hydrogen-bond acceptors (Lipinski definition) is 4. The summed E-state index contributed by atoms with van der Waals surface area (Å²) in [6, 6.07) is 7.42. The molecular weight excluding hydrogens is 445 g/mol. The summed E-state index contributed by atoms with van der Waals surface area (Å²) in [5.41, 5.74) is -0.594. The number of methoxy groups -OCH3 is 1. The first-order valence-electron chi connectivity index (χ1n) is 10.4. The number of anilines is 1. The van der Waals surface area contributed by atoms with Crippen LogP contribution in [0, 0.1) is 6.92 Å². The van der Waals surface area contributed by atoms with Crippen LogP contribution in [0.4, 0.5) is 27.8 Å². The van der Waals surface area contributed by atoms with Crippen molar-refractivity contribution in [2.24, 2.45) is 0 Å². The number of halogens is 5. The van der Waals surface area contributed by atoms with Gasteiger partial charge in [-0.2, -0.15) is 13.2 Å². The van der Waals surface area contributed by atoms with Gasteiger partial charge in [-0.25, -0.2) is 13.8 Å². The molecule has 0 radical (unpaired) electrons. The Balaban J connectivity index is 1.90. The van der Waals surface area contributed by atoms with E-state index in [0.717, 1.165) is 0 Å². The van der Waals surface area contributed by atoms with E-state index in [4.69, 9.17) is 4.74 Å². The number of benzene rings is 1. The quantitative estimate of drug-likeness (QED) is 0.513. The SMILES string of the molecule is COc1ccc2[nH]c(-c3cc(C)c(C(F)(F)F)nc3N3CCCC(F)(F)CC3)cc(=O)c2c1. The van der Waals surface area contributed by atoms with Crippen LogP contribution >= 0.6 is 0 Å². The first kappa shape index (κ1) is 23.0. The van der Waals surface area contributed by atoms with Crippen LogP contribution in [-0.4, -0.2) is 36.1 Å². The third kappa shape index (κ3) is 4.65. The Bertz CT molecular complexity index is 1250. The molecule has 176 valence electrons. The number of nitrogens with zero attached hydrogens (tertiary/aromatic N) is 2. The maximum atomic E-state index is 13.9. The topological polar surface area (TPSA) is 58.2 Å². The highest BCUT2D eigenvalue weighted by atomic mass is 19.4. The normalized spacial score (nSPS) is 16.6. The highest BCUT2D eigenvalue weighted by molar-refractivity contribution is 5.85. The van der Waals surface area contributed by atoms with Crippen LogP contribution in [0.3, 0.4) is 0 Å². The molecule has 0 aliphatic carbocycles. The predicted octanol–water partition coefficient (Wildman–Crippen LogP) is 5.55. The number of hydrogen-bond donors (Lipinski definition) is 1. The molecule has 0 atom stereocenters. The van der Waals surface area contributed by atoms with Gasteiger partial charge in [0.2, 0.25) is 5.92 Å². The summed E-state index contributed by atoms with van der Waals surface area (Å²) in [5, 5.41) is 0.352. The summed E-state index contributed by atoms with van der Waals surface area (Å²) >= 11 is 0. The Labute approximate surface area is 186 Å². The highest BCUT2D eigenvalue weighted by Crippen LogP contribution is 2.38. The second-order valence-corrected chi connectivity index (χ2v) is 8.18. The Morgan fingerprint density at radius 3 is 2.58 bits per heavy atom. The van der Waals surface area contributed by atoms with Crippen LogP contribution in [0.25, 0.3) is 22.2 Å². The molecule has 3 aromatic rings. The van der Waals surface area contributed by atoms with Crippen LogP contribution in [0.5, 0.6) is 5.75 Å². The Morgan fingerprint density at radius 2 is 1.88 bits per heavy atom. The third-order valence-corrected chi connectivity index (χ3v) is 5.81. The maximum Gasteiger partial charge on any atom is 0.433 e. The molecule has 0 saturated carbocycles. The van der Waals surface area contributed by atoms with Gasteiger partial charge in [0, 0.05) is 48.5 Å². The molecule has 0 unspecified atom stereocenters. The van der Waals surface area contributed by atoms with Crippen molar-refractivity contribution in [1.82, 2.24) is 9.97 Å². The lowest BCUT2D eigenvalue weighted by Crippen LogP contribution is -2.28. The fourth-order valence-corrected chi connectivity index (χ4v) is 4.10. The lowest BCUT2D eigenvalue weighted by molar-refractivity contribution is -0.141. The van der Waals surface area contributed by atoms with E-state index in [1.807, 2.05) is 0 Å². The third-order valence-electron chi connectivity index (χ3n) is 5.81. The van der Waals surface area contributed by atoms with Gasteiger partial charge in [-0.15, -0.1) is 0 Å². The zero-order chi connectivity index (χ0) is 24.0. The molecular formula is C23H22F5N3O2. The summed E-state index contributed by atoms with van der Waals surface area (Å²) < 4.78 is 73.8. The molecule has 1 fully saturated rings. The van der Waals surface area contributed by atoms with Crippen molar-refractivity contribution in [1.29, 1.82) is 0 Å². The zero-order valence-corrected chi connectivity index (χ0v) is 18.0. The number of aromatic amines is 1. The van der Waals surface area contributed by atoms with E-state index in [9.17, 15) is 26.7 Å². The van der Waals surface area contributed by atoms with Crippen molar-refractivity contribution in [3.63, 3.8) is 0 Å². The summed E-state index contributed by atoms with van der Waals surface area (Å²) in [6.07, 6.45) is -5.43. The van der Waals surface area contributed by atoms with Crippen LogP contribution in [0.1, 0.15) is 30.5 Å². The molecule has 5 nitrogen and oxygen atoms in total. The van der Waals surface area contributed by atoms with Crippen LogP contribution < -0.4 is 15.1 Å². The van der Waals surface area contributed by atoms with Gasteiger partial charge in [0.05, 0.1) is 12.8 Å². The van der Waals surface area contributed by atoms with Crippen LogP contribution in [0.15, 0.2) is 35.1 Å². The van der Waals surface area contributed by atoms with E-state index in [-0.39, 0.29) is 54.0 Å². The molecule has 4 rings (SSSR count). The van der Waals surface area contributed by atoms with Gasteiger partial charge in [0.15, 0.2) is 5.43 Å². The van der Waals surface area contributed by atoms with Gasteiger partial charge in [-0.1, -0.05) is 0 Å². The second-order valence-electron chi connectivity index (χ2n) is 8.18. The number of rotatable bonds is 3. The summed E-state index contributed by atoms with van der Waals surface area (Å²) in [6.45, 7) is 1.26. The van der Waals surface area contributed by atoms with Gasteiger partial charge in [-0.05, 0) is 43.2 Å². The smallest absolute Gasteiger partial charge is 0.433 e. The molecule has 1 N–H and O–H groups in total. The van der Waals surface area contributed by atoms with Crippen molar-refractivity contribution in [2.75, 3.05) is 25.1 Å². The molecule has 1 aromatic carbocycles. The number of alkyl halides is 5. The van der Waals surface area contributed by atoms with E-state index < -0.39 is 24.2 Å². The van der Waals surface area contributed by atoms with Crippen LogP contribution in [-0.2, 0) is 6.18 Å². The number of ether oxygens (including phenoxy) is 1. The minimum absolute atomic E-state index is 0.0749. The standard InChI is InChI=1S/C23H22F5N3O2/c1-13-10-16(18-12-19(32)15-11-14(33-2)4-5-17(15)29-18)21(30-20(13)23(26,27)28)31-8-3-6-22(24,25)7-9-31/h4-5,10-12H,3,6-9H2,1-2H3,(H,29,32). The van der Waals surface area contributed by atoms with Crippen molar-refractivity contribution in [3.05, 3.63) is 51.8 Å². The predicted molar refractivity (Wildman–Crippen MR) is 115 cm³/mol. The minimum Gasteiger partial charge on any atom is -0.497 e. The molecule has 3 heterocycles. The number of pyridine rings is 2. The van der Waals surface area contributed by atoms with Crippen molar-refractivity contribution < 1.29 is 26.7 Å². The van der Waals surface area contributed by atoms with Gasteiger partial charge in [0.1, 0.15) is 17.3 Å². The molecule has 2 aromatic heterocycles. The first-order chi connectivity index (χ1) is 15.5. The molecule has 0 amide bonds. The van der Waals surface area contributed by atoms with Crippen LogP contribution in [0.2, 0.25) is 0 Å². The van der Waals surface area contributed by atoms with Gasteiger partial charge in [-0.3, -0.25) is 4.79 Å². The lowest BCUT2D eigenvalue weighted by atomic mass is 10.0. The van der Waals surface area contributed by atoms with Gasteiger partial charge >= 0.3 is 6.18 Å². The number of fused-ring (bicyclic) bond motifs is 1. The first-order valence-corrected chi connectivity index (χ1v) is 10.4. The van der Waals surface area contributed by atoms with E-state index in [1.54, 1.807) is 18.2 Å². The Morgan fingerprint density at radius 1 is 1.12 bits per heavy atom. The summed E-state index contributed by atoms with van der Waals surface area (Å²) in [4.78, 5) is 21.2. The zero-order valence-electron chi connectivity index (χ0n) is 18.0. The summed E-state index contributed by atoms with van der Waals surface area (Å²) in [7, 11) is 1.47. The summed E-state index contributed by atoms with van der Waals surface area (Å²) in [5.74, 6) is -2.48. The molecule has 33 heavy (non-hydrogen) atoms. The lowest BCUT2D eigenvalue weighted by Gasteiger charge is -2.26. The van der Waals surface area contributed by atoms with E-state index in [0.29, 0.717) is 16.7 Å². The van der Waals surface area contributed by atoms with Crippen molar-refractivity contribution >= 4 is 16.7 Å². The van der Waals surface area contributed by atoms with Crippen molar-refractivity contribution in [2.45, 2.75) is 38.3 Å². The molecule has 1 aliphatic rings. The van der Waals surface area contributed by atoms with Gasteiger partial charge in [0.25, 0.3) is 0 Å². The molecule has 1 aliphatic heterocycles. The number of aromatic nitrogens is 2. The molecule has 0 bridgehead atoms. The minimum atomic E-state index is -4.71. The largest absolute Gasteiger partial charge is 0.497 e. The van der Waals surface area contributed by atoms with E-state index in [1.165, 1.54) is 31.1 Å². The van der Waals surface area contributed by atoms with E-state index >= 15 is 0 Å². The maximum absolute atomic E-state index is 13.9. The fourth-order valence-electron chi connectivity index (χ4n) is 4.10. The second kappa shape index (κ2) is 8.31. The Hall–Kier alpha value is -3.17. The number of H-pyrrole nitrogens is 1. The van der Waals surface area contributed by atoms with Crippen molar-refractivity contribution in [3.8, 4) is 17.0 Å². The Kier molecular flexibility index (Phi) is 5.79. The average molecular weight is 467 g/mol. The molecule has 1 saturated heterocycles. The molecule has 10 heteroatoms. The monoisotopic (exact) mass is 467 g/mol. The highest BCUT2D eigenvalue weighted by Gasteiger charge is 2.37. The average Bonchev–Trinajstić information content (AvgIpc) is 2.92. The molecule has 0 spiro atoms. The fraction of sp³-hybridized carbons (Fsp3) is 0.391. The number of nitrogens with one attached hydrogen (secondary N) is 1.